The van der Waals surface area contributed by atoms with Crippen LogP contribution in [0.5, 0.6) is 0 Å². The Labute approximate surface area is 129 Å². The first-order chi connectivity index (χ1) is 9.29. The number of sulfone groups is 1. The molecule has 0 amide bonds. The maximum Gasteiger partial charge on any atom is 0.175 e. The average molecular weight is 378 g/mol. The van der Waals surface area contributed by atoms with Crippen molar-refractivity contribution < 1.29 is 12.8 Å². The Morgan fingerprint density at radius 1 is 1.35 bits per heavy atom. The van der Waals surface area contributed by atoms with Crippen LogP contribution in [0.3, 0.4) is 0 Å². The van der Waals surface area contributed by atoms with E-state index in [4.69, 9.17) is 0 Å². The molecule has 0 bridgehead atoms. The summed E-state index contributed by atoms with van der Waals surface area (Å²) in [6.07, 6.45) is 1.10. The average Bonchev–Trinajstić information content (AvgIpc) is 2.77. The molecule has 1 atom stereocenters. The highest BCUT2D eigenvalue weighted by Crippen LogP contribution is 2.32. The Kier molecular flexibility index (Phi) is 4.51. The fourth-order valence-electron chi connectivity index (χ4n) is 1.76. The van der Waals surface area contributed by atoms with Crippen molar-refractivity contribution in [3.63, 3.8) is 0 Å². The van der Waals surface area contributed by atoms with Crippen molar-refractivity contribution in [2.45, 2.75) is 17.9 Å². The van der Waals surface area contributed by atoms with E-state index in [1.807, 2.05) is 18.4 Å². The summed E-state index contributed by atoms with van der Waals surface area (Å²) in [7, 11) is -3.35. The van der Waals surface area contributed by atoms with Gasteiger partial charge in [-0.25, -0.2) is 12.8 Å². The van der Waals surface area contributed by atoms with Crippen LogP contribution in [0, 0.1) is 5.82 Å². The largest absolute Gasteiger partial charge is 0.375 e. The van der Waals surface area contributed by atoms with E-state index in [1.165, 1.54) is 12.1 Å². The number of anilines is 1. The molecule has 0 aliphatic carbocycles. The standard InChI is InChI=1S/C13H13BrFNO2S2/c1-8(13-10(14)5-6-19-13)16-12-7-9(20(2,17)18)3-4-11(12)15/h3-8,16H,1-2H3. The Balaban J connectivity index is 2.32. The van der Waals surface area contributed by atoms with Gasteiger partial charge in [-0.1, -0.05) is 0 Å². The van der Waals surface area contributed by atoms with Gasteiger partial charge in [-0.15, -0.1) is 11.3 Å². The van der Waals surface area contributed by atoms with Crippen LogP contribution in [0.4, 0.5) is 10.1 Å². The van der Waals surface area contributed by atoms with E-state index >= 15 is 0 Å². The number of hydrogen-bond donors (Lipinski definition) is 1. The Morgan fingerprint density at radius 2 is 2.05 bits per heavy atom. The monoisotopic (exact) mass is 377 g/mol. The highest BCUT2D eigenvalue weighted by atomic mass is 79.9. The van der Waals surface area contributed by atoms with Gasteiger partial charge >= 0.3 is 0 Å². The van der Waals surface area contributed by atoms with E-state index in [9.17, 15) is 12.8 Å². The second-order valence-corrected chi connectivity index (χ2v) is 8.23. The minimum Gasteiger partial charge on any atom is -0.375 e. The molecule has 1 aromatic heterocycles. The molecule has 0 fully saturated rings. The smallest absolute Gasteiger partial charge is 0.175 e. The molecular formula is C13H13BrFNO2S2. The number of halogens is 2. The Bertz CT molecular complexity index is 728. The third kappa shape index (κ3) is 3.39. The molecule has 1 unspecified atom stereocenters. The predicted molar refractivity (Wildman–Crippen MR) is 83.6 cm³/mol. The summed E-state index contributed by atoms with van der Waals surface area (Å²) in [6, 6.07) is 5.54. The van der Waals surface area contributed by atoms with E-state index in [-0.39, 0.29) is 16.6 Å². The lowest BCUT2D eigenvalue weighted by Gasteiger charge is -2.16. The number of rotatable bonds is 4. The number of thiophene rings is 1. The topological polar surface area (TPSA) is 46.2 Å². The lowest BCUT2D eigenvalue weighted by molar-refractivity contribution is 0.600. The van der Waals surface area contributed by atoms with Crippen LogP contribution in [-0.4, -0.2) is 14.7 Å². The van der Waals surface area contributed by atoms with Crippen molar-refractivity contribution in [1.82, 2.24) is 0 Å². The third-order valence-electron chi connectivity index (χ3n) is 2.78. The summed E-state index contributed by atoms with van der Waals surface area (Å²) in [5.74, 6) is -0.475. The van der Waals surface area contributed by atoms with Crippen LogP contribution < -0.4 is 5.32 Å². The van der Waals surface area contributed by atoms with Gasteiger partial charge in [0.1, 0.15) is 5.82 Å². The van der Waals surface area contributed by atoms with Gasteiger partial charge in [0.2, 0.25) is 0 Å². The zero-order valence-electron chi connectivity index (χ0n) is 10.9. The fourth-order valence-corrected chi connectivity index (χ4v) is 4.13. The maximum atomic E-state index is 13.8. The molecule has 2 rings (SSSR count). The number of hydrogen-bond acceptors (Lipinski definition) is 4. The van der Waals surface area contributed by atoms with E-state index in [0.29, 0.717) is 0 Å². The molecular weight excluding hydrogens is 365 g/mol. The second kappa shape index (κ2) is 5.83. The molecule has 3 nitrogen and oxygen atoms in total. The quantitative estimate of drug-likeness (QED) is 0.811. The molecule has 1 aromatic carbocycles. The van der Waals surface area contributed by atoms with Crippen LogP contribution >= 0.6 is 27.3 Å². The molecule has 20 heavy (non-hydrogen) atoms. The zero-order chi connectivity index (χ0) is 14.9. The lowest BCUT2D eigenvalue weighted by Crippen LogP contribution is -2.08. The van der Waals surface area contributed by atoms with E-state index < -0.39 is 15.7 Å². The minimum atomic E-state index is -3.35. The Morgan fingerprint density at radius 3 is 2.60 bits per heavy atom. The Hall–Kier alpha value is -0.920. The normalized spacial score (nSPS) is 13.2. The van der Waals surface area contributed by atoms with Crippen LogP contribution in [0.15, 0.2) is 39.0 Å². The van der Waals surface area contributed by atoms with Gasteiger partial charge in [-0.05, 0) is 52.5 Å². The van der Waals surface area contributed by atoms with E-state index in [1.54, 1.807) is 11.3 Å². The molecule has 0 spiro atoms. The van der Waals surface area contributed by atoms with Gasteiger partial charge in [0.05, 0.1) is 16.6 Å². The molecule has 0 saturated heterocycles. The van der Waals surface area contributed by atoms with Gasteiger partial charge in [0, 0.05) is 15.6 Å². The van der Waals surface area contributed by atoms with Crippen molar-refractivity contribution in [1.29, 1.82) is 0 Å². The summed E-state index contributed by atoms with van der Waals surface area (Å²) in [5.41, 5.74) is 0.181. The van der Waals surface area contributed by atoms with Crippen molar-refractivity contribution in [3.05, 3.63) is 44.8 Å². The summed E-state index contributed by atoms with van der Waals surface area (Å²) in [5, 5.41) is 4.94. The molecule has 0 aliphatic heterocycles. The van der Waals surface area contributed by atoms with Crippen molar-refractivity contribution in [2.75, 3.05) is 11.6 Å². The highest BCUT2D eigenvalue weighted by molar-refractivity contribution is 9.10. The molecule has 1 heterocycles. The van der Waals surface area contributed by atoms with Crippen LogP contribution in [0.2, 0.25) is 0 Å². The highest BCUT2D eigenvalue weighted by Gasteiger charge is 2.15. The summed E-state index contributed by atoms with van der Waals surface area (Å²) in [6.45, 7) is 1.89. The van der Waals surface area contributed by atoms with Crippen LogP contribution in [0.1, 0.15) is 17.8 Å². The predicted octanol–water partition coefficient (Wildman–Crippen LogP) is 4.23. The number of nitrogens with one attached hydrogen (secondary N) is 1. The first kappa shape index (κ1) is 15.5. The SMILES string of the molecule is CC(Nc1cc(S(C)(=O)=O)ccc1F)c1sccc1Br. The van der Waals surface area contributed by atoms with Gasteiger partial charge in [-0.3, -0.25) is 0 Å². The molecule has 1 N–H and O–H groups in total. The molecule has 0 radical (unpaired) electrons. The fraction of sp³-hybridized carbons (Fsp3) is 0.231. The first-order valence-corrected chi connectivity index (χ1v) is 9.34. The lowest BCUT2D eigenvalue weighted by atomic mass is 10.2. The summed E-state index contributed by atoms with van der Waals surface area (Å²) in [4.78, 5) is 1.12. The van der Waals surface area contributed by atoms with Crippen molar-refractivity contribution in [3.8, 4) is 0 Å². The number of benzene rings is 1. The van der Waals surface area contributed by atoms with Crippen molar-refractivity contribution >= 4 is 42.8 Å². The second-order valence-electron chi connectivity index (χ2n) is 4.41. The molecule has 108 valence electrons. The maximum absolute atomic E-state index is 13.8. The summed E-state index contributed by atoms with van der Waals surface area (Å²) < 4.78 is 37.8. The van der Waals surface area contributed by atoms with Gasteiger partial charge < -0.3 is 5.32 Å². The van der Waals surface area contributed by atoms with Crippen molar-refractivity contribution in [2.24, 2.45) is 0 Å². The molecule has 2 aromatic rings. The van der Waals surface area contributed by atoms with E-state index in [0.717, 1.165) is 21.7 Å². The van der Waals surface area contributed by atoms with Crippen LogP contribution in [0.25, 0.3) is 0 Å². The van der Waals surface area contributed by atoms with Gasteiger partial charge in [0.25, 0.3) is 0 Å². The third-order valence-corrected chi connectivity index (χ3v) is 5.94. The molecule has 0 saturated carbocycles. The first-order valence-electron chi connectivity index (χ1n) is 5.78. The molecule has 7 heteroatoms. The van der Waals surface area contributed by atoms with Crippen LogP contribution in [-0.2, 0) is 9.84 Å². The van der Waals surface area contributed by atoms with Gasteiger partial charge in [0.15, 0.2) is 9.84 Å². The molecule has 0 aliphatic rings. The van der Waals surface area contributed by atoms with E-state index in [2.05, 4.69) is 21.2 Å². The minimum absolute atomic E-state index is 0.0962. The summed E-state index contributed by atoms with van der Waals surface area (Å²) >= 11 is 4.97. The van der Waals surface area contributed by atoms with Gasteiger partial charge in [-0.2, -0.15) is 0 Å². The zero-order valence-corrected chi connectivity index (χ0v) is 14.1.